The minimum atomic E-state index is 1.09. The average Bonchev–Trinajstić information content (AvgIpc) is 2.98. The first-order valence-electron chi connectivity index (χ1n) is 9.92. The second kappa shape index (κ2) is 11.1. The molecule has 0 aliphatic carbocycles. The van der Waals surface area contributed by atoms with Crippen LogP contribution in [0.3, 0.4) is 0 Å². The van der Waals surface area contributed by atoms with E-state index in [-0.39, 0.29) is 0 Å². The lowest BCUT2D eigenvalue weighted by atomic mass is 10.1. The van der Waals surface area contributed by atoms with E-state index in [1.165, 1.54) is 62.0 Å². The van der Waals surface area contributed by atoms with Gasteiger partial charge in [0.25, 0.3) is 0 Å². The van der Waals surface area contributed by atoms with Crippen molar-refractivity contribution in [1.29, 1.82) is 0 Å². The van der Waals surface area contributed by atoms with E-state index in [0.717, 1.165) is 25.8 Å². The largest absolute Gasteiger partial charge is 0.335 e. The molecule has 0 aliphatic heterocycles. The van der Waals surface area contributed by atoms with Crippen LogP contribution in [0.4, 0.5) is 0 Å². The second-order valence-corrected chi connectivity index (χ2v) is 6.85. The molecule has 0 bridgehead atoms. The zero-order chi connectivity index (χ0) is 17.0. The lowest BCUT2D eigenvalue weighted by Crippen LogP contribution is -2.03. The van der Waals surface area contributed by atoms with E-state index in [2.05, 4.69) is 54.9 Å². The number of unbranched alkanes of at least 4 members (excludes halogenated alkanes) is 4. The molecule has 0 aliphatic rings. The Kier molecular flexibility index (Phi) is 8.65. The van der Waals surface area contributed by atoms with Crippen molar-refractivity contribution in [2.24, 2.45) is 0 Å². The molecular weight excluding hydrogens is 292 g/mol. The molecule has 0 unspecified atom stereocenters. The van der Waals surface area contributed by atoms with Gasteiger partial charge in [0.15, 0.2) is 0 Å². The Hall–Kier alpha value is -1.57. The highest BCUT2D eigenvalue weighted by Gasteiger charge is 2.08. The minimum Gasteiger partial charge on any atom is -0.335 e. The maximum Gasteiger partial charge on any atom is 0.108 e. The predicted molar refractivity (Wildman–Crippen MR) is 103 cm³/mol. The first kappa shape index (κ1) is 18.8. The number of benzene rings is 1. The van der Waals surface area contributed by atoms with Gasteiger partial charge in [-0.2, -0.15) is 0 Å². The molecular formula is C22H34N2. The molecule has 2 rings (SSSR count). The molecule has 1 aromatic heterocycles. The van der Waals surface area contributed by atoms with E-state index >= 15 is 0 Å². The van der Waals surface area contributed by atoms with Crippen molar-refractivity contribution in [3.8, 4) is 0 Å². The van der Waals surface area contributed by atoms with Crippen molar-refractivity contribution in [3.63, 3.8) is 0 Å². The Labute approximate surface area is 148 Å². The summed E-state index contributed by atoms with van der Waals surface area (Å²) in [5, 5.41) is 0. The van der Waals surface area contributed by atoms with Crippen molar-refractivity contribution >= 4 is 0 Å². The molecule has 0 amide bonds. The lowest BCUT2D eigenvalue weighted by Gasteiger charge is -2.06. The Morgan fingerprint density at radius 2 is 1.54 bits per heavy atom. The minimum absolute atomic E-state index is 1.09. The summed E-state index contributed by atoms with van der Waals surface area (Å²) in [6.45, 7) is 5.68. The third-order valence-electron chi connectivity index (χ3n) is 4.66. The first-order valence-corrected chi connectivity index (χ1v) is 9.92. The van der Waals surface area contributed by atoms with Crippen LogP contribution in [0.2, 0.25) is 0 Å². The molecule has 0 saturated carbocycles. The van der Waals surface area contributed by atoms with Crippen LogP contribution in [0.5, 0.6) is 0 Å². The third-order valence-corrected chi connectivity index (χ3v) is 4.66. The standard InChI is InChI=1S/C22H34N2/c1-3-5-8-17-22-23-21(19-24(22)18-11-6-4-2)16-12-15-20-13-9-7-10-14-20/h7,9-10,13-14,19H,3-6,8,11-12,15-18H2,1-2H3. The monoisotopic (exact) mass is 326 g/mol. The van der Waals surface area contributed by atoms with Crippen molar-refractivity contribution < 1.29 is 0 Å². The summed E-state index contributed by atoms with van der Waals surface area (Å²) in [6, 6.07) is 10.8. The van der Waals surface area contributed by atoms with Crippen LogP contribution in [0, 0.1) is 0 Å². The molecule has 1 heterocycles. The predicted octanol–water partition coefficient (Wildman–Crippen LogP) is 5.98. The lowest BCUT2D eigenvalue weighted by molar-refractivity contribution is 0.568. The summed E-state index contributed by atoms with van der Waals surface area (Å²) < 4.78 is 2.43. The highest BCUT2D eigenvalue weighted by Crippen LogP contribution is 2.13. The van der Waals surface area contributed by atoms with Gasteiger partial charge >= 0.3 is 0 Å². The van der Waals surface area contributed by atoms with Gasteiger partial charge in [0.05, 0.1) is 5.69 Å². The summed E-state index contributed by atoms with van der Waals surface area (Å²) in [4.78, 5) is 4.95. The molecule has 2 heteroatoms. The normalized spacial score (nSPS) is 11.1. The number of rotatable bonds is 12. The fraction of sp³-hybridized carbons (Fsp3) is 0.591. The molecule has 0 fully saturated rings. The van der Waals surface area contributed by atoms with E-state index in [9.17, 15) is 0 Å². The first-order chi connectivity index (χ1) is 11.8. The summed E-state index contributed by atoms with van der Waals surface area (Å²) in [5.74, 6) is 1.31. The van der Waals surface area contributed by atoms with Crippen LogP contribution in [0.25, 0.3) is 0 Å². The summed E-state index contributed by atoms with van der Waals surface area (Å²) in [7, 11) is 0. The fourth-order valence-electron chi connectivity index (χ4n) is 3.21. The van der Waals surface area contributed by atoms with Crippen molar-refractivity contribution in [3.05, 3.63) is 53.6 Å². The van der Waals surface area contributed by atoms with E-state index in [1.807, 2.05) is 0 Å². The molecule has 0 N–H and O–H groups in total. The zero-order valence-electron chi connectivity index (χ0n) is 15.6. The third kappa shape index (κ3) is 6.51. The number of nitrogens with zero attached hydrogens (tertiary/aromatic N) is 2. The molecule has 0 atom stereocenters. The molecule has 0 radical (unpaired) electrons. The van der Waals surface area contributed by atoms with Gasteiger partial charge in [-0.05, 0) is 37.7 Å². The summed E-state index contributed by atoms with van der Waals surface area (Å²) in [6.07, 6.45) is 14.6. The fourth-order valence-corrected chi connectivity index (χ4v) is 3.21. The quantitative estimate of drug-likeness (QED) is 0.439. The van der Waals surface area contributed by atoms with Crippen molar-refractivity contribution in [2.75, 3.05) is 0 Å². The highest BCUT2D eigenvalue weighted by molar-refractivity contribution is 5.15. The van der Waals surface area contributed by atoms with Gasteiger partial charge in [0.1, 0.15) is 5.82 Å². The van der Waals surface area contributed by atoms with Crippen molar-refractivity contribution in [1.82, 2.24) is 9.55 Å². The van der Waals surface area contributed by atoms with E-state index < -0.39 is 0 Å². The average molecular weight is 327 g/mol. The van der Waals surface area contributed by atoms with Gasteiger partial charge in [0, 0.05) is 19.2 Å². The SMILES string of the molecule is CCCCCc1nc(CCCc2ccccc2)cn1CCCCC. The highest BCUT2D eigenvalue weighted by atomic mass is 15.1. The second-order valence-electron chi connectivity index (χ2n) is 6.85. The van der Waals surface area contributed by atoms with Crippen LogP contribution in [0.1, 0.15) is 75.9 Å². The Bertz CT molecular complexity index is 529. The smallest absolute Gasteiger partial charge is 0.108 e. The van der Waals surface area contributed by atoms with E-state index in [4.69, 9.17) is 4.98 Å². The molecule has 1 aromatic carbocycles. The Balaban J connectivity index is 1.89. The van der Waals surface area contributed by atoms with Gasteiger partial charge in [-0.15, -0.1) is 0 Å². The van der Waals surface area contributed by atoms with Crippen LogP contribution < -0.4 is 0 Å². The van der Waals surface area contributed by atoms with Crippen LogP contribution in [-0.4, -0.2) is 9.55 Å². The maximum atomic E-state index is 4.95. The van der Waals surface area contributed by atoms with Crippen LogP contribution >= 0.6 is 0 Å². The van der Waals surface area contributed by atoms with Crippen molar-refractivity contribution in [2.45, 2.75) is 84.6 Å². The molecule has 132 valence electrons. The Morgan fingerprint density at radius 1 is 0.792 bits per heavy atom. The van der Waals surface area contributed by atoms with E-state index in [0.29, 0.717) is 0 Å². The number of aryl methyl sites for hydroxylation is 4. The van der Waals surface area contributed by atoms with Gasteiger partial charge < -0.3 is 4.57 Å². The summed E-state index contributed by atoms with van der Waals surface area (Å²) >= 11 is 0. The molecule has 2 nitrogen and oxygen atoms in total. The van der Waals surface area contributed by atoms with Gasteiger partial charge in [0.2, 0.25) is 0 Å². The topological polar surface area (TPSA) is 17.8 Å². The number of imidazole rings is 1. The molecule has 2 aromatic rings. The molecule has 0 spiro atoms. The van der Waals surface area contributed by atoms with Crippen LogP contribution in [-0.2, 0) is 25.8 Å². The maximum absolute atomic E-state index is 4.95. The number of hydrogen-bond donors (Lipinski definition) is 0. The van der Waals surface area contributed by atoms with Crippen LogP contribution in [0.15, 0.2) is 36.5 Å². The van der Waals surface area contributed by atoms with Gasteiger partial charge in [-0.1, -0.05) is 69.9 Å². The zero-order valence-corrected chi connectivity index (χ0v) is 15.6. The van der Waals surface area contributed by atoms with Gasteiger partial charge in [-0.3, -0.25) is 0 Å². The van der Waals surface area contributed by atoms with Gasteiger partial charge in [-0.25, -0.2) is 4.98 Å². The molecule has 24 heavy (non-hydrogen) atoms. The Morgan fingerprint density at radius 3 is 2.29 bits per heavy atom. The van der Waals surface area contributed by atoms with E-state index in [1.54, 1.807) is 0 Å². The summed E-state index contributed by atoms with van der Waals surface area (Å²) in [5.41, 5.74) is 2.72. The number of hydrogen-bond acceptors (Lipinski definition) is 1. The molecule has 0 saturated heterocycles. The number of aromatic nitrogens is 2.